The Labute approximate surface area is 75.3 Å². The predicted octanol–water partition coefficient (Wildman–Crippen LogP) is 1.47. The normalized spacial score (nSPS) is 10.2. The first-order valence-electron chi connectivity index (χ1n) is 3.91. The van der Waals surface area contributed by atoms with E-state index in [1.165, 1.54) is 7.11 Å². The van der Waals surface area contributed by atoms with E-state index in [-0.39, 0.29) is 17.9 Å². The van der Waals surface area contributed by atoms with E-state index in [1.54, 1.807) is 0 Å². The maximum Gasteiger partial charge on any atom is 0.168 e. The van der Waals surface area contributed by atoms with Gasteiger partial charge in [0.1, 0.15) is 5.82 Å². The maximum absolute atomic E-state index is 13.3. The Bertz CT molecular complexity index is 302. The molecule has 0 aliphatic rings. The van der Waals surface area contributed by atoms with Crippen LogP contribution in [0.3, 0.4) is 0 Å². The number of hydrogen-bond acceptors (Lipinski definition) is 2. The highest BCUT2D eigenvalue weighted by molar-refractivity contribution is 5.32. The molecule has 72 valence electrons. The molecule has 0 fully saturated rings. The van der Waals surface area contributed by atoms with E-state index in [1.807, 2.05) is 0 Å². The summed E-state index contributed by atoms with van der Waals surface area (Å²) < 4.78 is 30.8. The van der Waals surface area contributed by atoms with E-state index in [2.05, 4.69) is 4.74 Å². The van der Waals surface area contributed by atoms with Gasteiger partial charge in [0.25, 0.3) is 0 Å². The molecule has 1 rings (SSSR count). The number of methoxy groups -OCH3 is 1. The summed E-state index contributed by atoms with van der Waals surface area (Å²) in [6.07, 6.45) is 0.306. The fourth-order valence-corrected chi connectivity index (χ4v) is 1.10. The summed E-state index contributed by atoms with van der Waals surface area (Å²) in [4.78, 5) is 0. The van der Waals surface area contributed by atoms with Crippen molar-refractivity contribution in [2.45, 2.75) is 6.42 Å². The van der Waals surface area contributed by atoms with Crippen LogP contribution in [-0.2, 0) is 6.42 Å². The second kappa shape index (κ2) is 4.18. The third kappa shape index (κ3) is 2.15. The van der Waals surface area contributed by atoms with Crippen LogP contribution in [0.5, 0.6) is 5.75 Å². The number of benzene rings is 1. The van der Waals surface area contributed by atoms with Gasteiger partial charge in [-0.2, -0.15) is 0 Å². The average molecular weight is 187 g/mol. The van der Waals surface area contributed by atoms with Gasteiger partial charge in [0.15, 0.2) is 11.6 Å². The van der Waals surface area contributed by atoms with E-state index in [0.29, 0.717) is 6.42 Å². The monoisotopic (exact) mass is 187 g/mol. The first-order chi connectivity index (χ1) is 6.19. The van der Waals surface area contributed by atoms with Crippen molar-refractivity contribution >= 4 is 0 Å². The number of halogens is 2. The van der Waals surface area contributed by atoms with E-state index in [4.69, 9.17) is 5.73 Å². The minimum Gasteiger partial charge on any atom is -0.494 e. The van der Waals surface area contributed by atoms with Crippen LogP contribution in [0.15, 0.2) is 12.1 Å². The average Bonchev–Trinajstić information content (AvgIpc) is 2.11. The Morgan fingerprint density at radius 1 is 1.38 bits per heavy atom. The topological polar surface area (TPSA) is 35.2 Å². The lowest BCUT2D eigenvalue weighted by atomic mass is 10.1. The van der Waals surface area contributed by atoms with Gasteiger partial charge in [0.2, 0.25) is 0 Å². The van der Waals surface area contributed by atoms with Crippen molar-refractivity contribution < 1.29 is 13.5 Å². The molecule has 1 aromatic carbocycles. The lowest BCUT2D eigenvalue weighted by Crippen LogP contribution is -2.06. The minimum absolute atomic E-state index is 0.0801. The van der Waals surface area contributed by atoms with Crippen molar-refractivity contribution in [2.75, 3.05) is 13.7 Å². The second-order valence-electron chi connectivity index (χ2n) is 2.62. The molecule has 2 N–H and O–H groups in total. The lowest BCUT2D eigenvalue weighted by Gasteiger charge is -2.06. The highest BCUT2D eigenvalue weighted by atomic mass is 19.1. The molecular formula is C9H11F2NO. The van der Waals surface area contributed by atoms with Crippen LogP contribution < -0.4 is 10.5 Å². The van der Waals surface area contributed by atoms with Gasteiger partial charge in [-0.3, -0.25) is 0 Å². The van der Waals surface area contributed by atoms with Crippen molar-refractivity contribution in [3.05, 3.63) is 29.3 Å². The molecule has 0 amide bonds. The number of nitrogens with two attached hydrogens (primary N) is 1. The zero-order chi connectivity index (χ0) is 9.84. The molecule has 0 unspecified atom stereocenters. The van der Waals surface area contributed by atoms with E-state index in [9.17, 15) is 8.78 Å². The Kier molecular flexibility index (Phi) is 3.19. The molecule has 0 heterocycles. The fourth-order valence-electron chi connectivity index (χ4n) is 1.10. The summed E-state index contributed by atoms with van der Waals surface area (Å²) in [6.45, 7) is 0.281. The van der Waals surface area contributed by atoms with Gasteiger partial charge in [-0.1, -0.05) is 0 Å². The highest BCUT2D eigenvalue weighted by Gasteiger charge is 2.10. The van der Waals surface area contributed by atoms with Gasteiger partial charge in [0, 0.05) is 6.07 Å². The highest BCUT2D eigenvalue weighted by Crippen LogP contribution is 2.22. The molecule has 0 aliphatic carbocycles. The van der Waals surface area contributed by atoms with Gasteiger partial charge < -0.3 is 10.5 Å². The summed E-state index contributed by atoms with van der Waals surface area (Å²) in [5.74, 6) is -1.13. The van der Waals surface area contributed by atoms with Crippen LogP contribution in [0.4, 0.5) is 8.78 Å². The molecule has 0 aliphatic heterocycles. The van der Waals surface area contributed by atoms with Gasteiger partial charge in [-0.15, -0.1) is 0 Å². The molecule has 0 bridgehead atoms. The molecule has 2 nitrogen and oxygen atoms in total. The Hall–Kier alpha value is -1.16. The summed E-state index contributed by atoms with van der Waals surface area (Å²) in [6, 6.07) is 2.14. The van der Waals surface area contributed by atoms with Gasteiger partial charge >= 0.3 is 0 Å². The van der Waals surface area contributed by atoms with Crippen LogP contribution >= 0.6 is 0 Å². The van der Waals surface area contributed by atoms with E-state index in [0.717, 1.165) is 12.1 Å². The standard InChI is InChI=1S/C9H11F2NO/c1-13-8-5-7(10)4-6(2-3-12)9(8)11/h4-5H,2-3,12H2,1H3. The Morgan fingerprint density at radius 2 is 2.08 bits per heavy atom. The lowest BCUT2D eigenvalue weighted by molar-refractivity contribution is 0.380. The number of ether oxygens (including phenoxy) is 1. The molecule has 4 heteroatoms. The quantitative estimate of drug-likeness (QED) is 0.777. The molecular weight excluding hydrogens is 176 g/mol. The summed E-state index contributed by atoms with van der Waals surface area (Å²) >= 11 is 0. The molecule has 1 aromatic rings. The van der Waals surface area contributed by atoms with Crippen LogP contribution in [0.25, 0.3) is 0 Å². The number of rotatable bonds is 3. The minimum atomic E-state index is -0.533. The largest absolute Gasteiger partial charge is 0.494 e. The van der Waals surface area contributed by atoms with Crippen molar-refractivity contribution in [1.29, 1.82) is 0 Å². The summed E-state index contributed by atoms with van der Waals surface area (Å²) in [5.41, 5.74) is 5.49. The summed E-state index contributed by atoms with van der Waals surface area (Å²) in [5, 5.41) is 0. The van der Waals surface area contributed by atoms with Crippen molar-refractivity contribution in [3.63, 3.8) is 0 Å². The molecule has 0 radical (unpaired) electrons. The van der Waals surface area contributed by atoms with Gasteiger partial charge in [0.05, 0.1) is 7.11 Å². The van der Waals surface area contributed by atoms with Crippen LogP contribution in [-0.4, -0.2) is 13.7 Å². The van der Waals surface area contributed by atoms with Crippen LogP contribution in [0.2, 0.25) is 0 Å². The zero-order valence-corrected chi connectivity index (χ0v) is 7.31. The first-order valence-corrected chi connectivity index (χ1v) is 3.91. The Balaban J connectivity index is 3.11. The predicted molar refractivity (Wildman–Crippen MR) is 45.7 cm³/mol. The van der Waals surface area contributed by atoms with Gasteiger partial charge in [-0.05, 0) is 24.6 Å². The first kappa shape index (κ1) is 9.92. The third-order valence-corrected chi connectivity index (χ3v) is 1.71. The molecule has 0 spiro atoms. The molecule has 0 atom stereocenters. The third-order valence-electron chi connectivity index (χ3n) is 1.71. The van der Waals surface area contributed by atoms with E-state index < -0.39 is 11.6 Å². The van der Waals surface area contributed by atoms with Crippen molar-refractivity contribution in [3.8, 4) is 5.75 Å². The van der Waals surface area contributed by atoms with Crippen molar-refractivity contribution in [2.24, 2.45) is 5.73 Å². The molecule has 0 saturated carbocycles. The van der Waals surface area contributed by atoms with Crippen molar-refractivity contribution in [1.82, 2.24) is 0 Å². The SMILES string of the molecule is COc1cc(F)cc(CCN)c1F. The zero-order valence-electron chi connectivity index (χ0n) is 7.31. The van der Waals surface area contributed by atoms with Crippen LogP contribution in [0, 0.1) is 11.6 Å². The molecule has 0 saturated heterocycles. The Morgan fingerprint density at radius 3 is 2.62 bits per heavy atom. The maximum atomic E-state index is 13.3. The fraction of sp³-hybridized carbons (Fsp3) is 0.333. The van der Waals surface area contributed by atoms with Crippen LogP contribution in [0.1, 0.15) is 5.56 Å². The summed E-state index contributed by atoms with van der Waals surface area (Å²) in [7, 11) is 1.30. The second-order valence-corrected chi connectivity index (χ2v) is 2.62. The number of hydrogen-bond donors (Lipinski definition) is 1. The smallest absolute Gasteiger partial charge is 0.168 e. The molecule has 0 aromatic heterocycles. The van der Waals surface area contributed by atoms with E-state index >= 15 is 0 Å². The molecule has 13 heavy (non-hydrogen) atoms. The van der Waals surface area contributed by atoms with Gasteiger partial charge in [-0.25, -0.2) is 8.78 Å².